The number of nitrogens with one attached hydrogen (secondary N) is 1. The van der Waals surface area contributed by atoms with Gasteiger partial charge in [-0.25, -0.2) is 8.42 Å². The molecule has 1 aliphatic heterocycles. The maximum Gasteiger partial charge on any atom is 0.235 e. The maximum absolute atomic E-state index is 12.1. The number of ether oxygens (including phenoxy) is 2. The molecular weight excluding hydrogens is 332 g/mol. The molecule has 1 unspecified atom stereocenters. The molecule has 1 fully saturated rings. The molecule has 1 aromatic rings. The minimum Gasteiger partial charge on any atom is -0.497 e. The summed E-state index contributed by atoms with van der Waals surface area (Å²) in [4.78, 5) is 12.1. The molecule has 0 bridgehead atoms. The van der Waals surface area contributed by atoms with Crippen molar-refractivity contribution in [2.24, 2.45) is 0 Å². The average molecular weight is 356 g/mol. The van der Waals surface area contributed by atoms with Crippen molar-refractivity contribution in [3.63, 3.8) is 0 Å². The molecule has 0 radical (unpaired) electrons. The van der Waals surface area contributed by atoms with E-state index in [2.05, 4.69) is 5.32 Å². The second kappa shape index (κ2) is 8.46. The van der Waals surface area contributed by atoms with Crippen LogP contribution in [-0.2, 0) is 26.1 Å². The van der Waals surface area contributed by atoms with Crippen LogP contribution in [0.15, 0.2) is 24.3 Å². The van der Waals surface area contributed by atoms with Crippen LogP contribution >= 0.6 is 0 Å². The third kappa shape index (κ3) is 5.77. The summed E-state index contributed by atoms with van der Waals surface area (Å²) in [6, 6.07) is 7.31. The Morgan fingerprint density at radius 1 is 1.38 bits per heavy atom. The highest BCUT2D eigenvalue weighted by molar-refractivity contribution is 7.88. The van der Waals surface area contributed by atoms with E-state index >= 15 is 0 Å². The molecule has 2 rings (SSSR count). The molecule has 0 spiro atoms. The highest BCUT2D eigenvalue weighted by Gasteiger charge is 2.26. The summed E-state index contributed by atoms with van der Waals surface area (Å²) in [7, 11) is -1.88. The highest BCUT2D eigenvalue weighted by Crippen LogP contribution is 2.15. The molecule has 0 aromatic heterocycles. The van der Waals surface area contributed by atoms with Gasteiger partial charge < -0.3 is 14.8 Å². The molecule has 7 nitrogen and oxygen atoms in total. The predicted octanol–water partition coefficient (Wildman–Crippen LogP) is 0.752. The quantitative estimate of drug-likeness (QED) is 0.743. The lowest BCUT2D eigenvalue weighted by Crippen LogP contribution is -2.43. The van der Waals surface area contributed by atoms with E-state index in [0.717, 1.165) is 30.4 Å². The van der Waals surface area contributed by atoms with Crippen LogP contribution < -0.4 is 10.1 Å². The van der Waals surface area contributed by atoms with E-state index in [4.69, 9.17) is 9.47 Å². The second-order valence-electron chi connectivity index (χ2n) is 5.82. The number of amides is 1. The molecule has 24 heavy (non-hydrogen) atoms. The zero-order chi connectivity index (χ0) is 17.6. The third-order valence-electron chi connectivity index (χ3n) is 3.87. The SMILES string of the molecule is COc1ccc(CNC(=O)CN(CC2CCCO2)S(C)(=O)=O)cc1. The number of hydrogen-bond acceptors (Lipinski definition) is 5. The Kier molecular flexibility index (Phi) is 6.59. The van der Waals surface area contributed by atoms with Crippen molar-refractivity contribution in [1.82, 2.24) is 9.62 Å². The van der Waals surface area contributed by atoms with Crippen molar-refractivity contribution in [1.29, 1.82) is 0 Å². The maximum atomic E-state index is 12.1. The Morgan fingerprint density at radius 3 is 2.62 bits per heavy atom. The monoisotopic (exact) mass is 356 g/mol. The molecular formula is C16H24N2O5S. The minimum absolute atomic E-state index is 0.130. The van der Waals surface area contributed by atoms with E-state index in [1.165, 1.54) is 4.31 Å². The van der Waals surface area contributed by atoms with Gasteiger partial charge in [0.1, 0.15) is 5.75 Å². The van der Waals surface area contributed by atoms with Gasteiger partial charge in [0.25, 0.3) is 0 Å². The van der Waals surface area contributed by atoms with Gasteiger partial charge in [0, 0.05) is 19.7 Å². The molecule has 8 heteroatoms. The largest absolute Gasteiger partial charge is 0.497 e. The Labute approximate surface area is 143 Å². The first-order chi connectivity index (χ1) is 11.4. The topological polar surface area (TPSA) is 84.9 Å². The molecule has 1 amide bonds. The van der Waals surface area contributed by atoms with Crippen molar-refractivity contribution in [3.05, 3.63) is 29.8 Å². The van der Waals surface area contributed by atoms with Crippen LogP contribution in [0.3, 0.4) is 0 Å². The van der Waals surface area contributed by atoms with Gasteiger partial charge in [-0.15, -0.1) is 0 Å². The summed E-state index contributed by atoms with van der Waals surface area (Å²) in [5.74, 6) is 0.402. The van der Waals surface area contributed by atoms with Crippen LogP contribution in [-0.4, -0.2) is 57.8 Å². The lowest BCUT2D eigenvalue weighted by atomic mass is 10.2. The normalized spacial score (nSPS) is 17.9. The highest BCUT2D eigenvalue weighted by atomic mass is 32.2. The second-order valence-corrected chi connectivity index (χ2v) is 7.80. The fourth-order valence-electron chi connectivity index (χ4n) is 2.49. The Balaban J connectivity index is 1.87. The molecule has 1 N–H and O–H groups in total. The molecule has 1 atom stereocenters. The number of carbonyl (C=O) groups excluding carboxylic acids is 1. The van der Waals surface area contributed by atoms with E-state index in [0.29, 0.717) is 13.2 Å². The molecule has 1 aliphatic rings. The standard InChI is InChI=1S/C16H24N2O5S/c1-22-14-7-5-13(6-8-14)10-17-16(19)12-18(24(2,20)21)11-15-4-3-9-23-15/h5-8,15H,3-4,9-12H2,1-2H3,(H,17,19). The van der Waals surface area contributed by atoms with E-state index in [1.54, 1.807) is 7.11 Å². The van der Waals surface area contributed by atoms with Crippen molar-refractivity contribution in [2.75, 3.05) is 33.1 Å². The van der Waals surface area contributed by atoms with Gasteiger partial charge in [-0.1, -0.05) is 12.1 Å². The lowest BCUT2D eigenvalue weighted by Gasteiger charge is -2.22. The lowest BCUT2D eigenvalue weighted by molar-refractivity contribution is -0.121. The first-order valence-electron chi connectivity index (χ1n) is 7.85. The summed E-state index contributed by atoms with van der Waals surface area (Å²) in [6.45, 7) is 0.996. The first-order valence-corrected chi connectivity index (χ1v) is 9.69. The summed E-state index contributed by atoms with van der Waals surface area (Å²) in [6.07, 6.45) is 2.72. The van der Waals surface area contributed by atoms with E-state index < -0.39 is 10.0 Å². The van der Waals surface area contributed by atoms with Crippen molar-refractivity contribution in [2.45, 2.75) is 25.5 Å². The number of hydrogen-bond donors (Lipinski definition) is 1. The van der Waals surface area contributed by atoms with E-state index in [-0.39, 0.29) is 25.1 Å². The fourth-order valence-corrected chi connectivity index (χ4v) is 3.28. The zero-order valence-corrected chi connectivity index (χ0v) is 14.8. The van der Waals surface area contributed by atoms with E-state index in [9.17, 15) is 13.2 Å². The Hall–Kier alpha value is -1.64. The van der Waals surface area contributed by atoms with Crippen LogP contribution in [0.25, 0.3) is 0 Å². The van der Waals surface area contributed by atoms with Crippen LogP contribution in [0.1, 0.15) is 18.4 Å². The molecule has 1 saturated heterocycles. The van der Waals surface area contributed by atoms with Crippen molar-refractivity contribution in [3.8, 4) is 5.75 Å². The van der Waals surface area contributed by atoms with Crippen molar-refractivity contribution < 1.29 is 22.7 Å². The average Bonchev–Trinajstić information content (AvgIpc) is 3.05. The molecule has 134 valence electrons. The molecule has 1 heterocycles. The van der Waals surface area contributed by atoms with E-state index in [1.807, 2.05) is 24.3 Å². The van der Waals surface area contributed by atoms with Crippen molar-refractivity contribution >= 4 is 15.9 Å². The van der Waals surface area contributed by atoms with Gasteiger partial charge in [0.2, 0.25) is 15.9 Å². The number of nitrogens with zero attached hydrogens (tertiary/aromatic N) is 1. The number of sulfonamides is 1. The zero-order valence-electron chi connectivity index (χ0n) is 14.0. The van der Waals surface area contributed by atoms with Gasteiger partial charge in [-0.2, -0.15) is 4.31 Å². The number of carbonyl (C=O) groups is 1. The first kappa shape index (κ1) is 18.7. The fraction of sp³-hybridized carbons (Fsp3) is 0.562. The van der Waals surface area contributed by atoms with Gasteiger partial charge in [0.15, 0.2) is 0 Å². The van der Waals surface area contributed by atoms with Crippen LogP contribution in [0, 0.1) is 0 Å². The number of methoxy groups -OCH3 is 1. The van der Waals surface area contributed by atoms with Gasteiger partial charge in [-0.05, 0) is 30.5 Å². The van der Waals surface area contributed by atoms with Gasteiger partial charge in [0.05, 0.1) is 26.0 Å². The third-order valence-corrected chi connectivity index (χ3v) is 5.09. The van der Waals surface area contributed by atoms with Crippen LogP contribution in [0.2, 0.25) is 0 Å². The summed E-state index contributed by atoms with van der Waals surface area (Å²) < 4.78 is 35.5. The summed E-state index contributed by atoms with van der Waals surface area (Å²) in [5.41, 5.74) is 0.911. The smallest absolute Gasteiger partial charge is 0.235 e. The Bertz CT molecular complexity index is 639. The minimum atomic E-state index is -3.46. The predicted molar refractivity (Wildman–Crippen MR) is 90.2 cm³/mol. The Morgan fingerprint density at radius 2 is 2.08 bits per heavy atom. The summed E-state index contributed by atoms with van der Waals surface area (Å²) >= 11 is 0. The van der Waals surface area contributed by atoms with Crippen LogP contribution in [0.4, 0.5) is 0 Å². The van der Waals surface area contributed by atoms with Gasteiger partial charge >= 0.3 is 0 Å². The number of rotatable bonds is 8. The number of benzene rings is 1. The van der Waals surface area contributed by atoms with Gasteiger partial charge in [-0.3, -0.25) is 4.79 Å². The summed E-state index contributed by atoms with van der Waals surface area (Å²) in [5, 5.41) is 2.74. The molecule has 1 aromatic carbocycles. The molecule has 0 aliphatic carbocycles. The van der Waals surface area contributed by atoms with Crippen LogP contribution in [0.5, 0.6) is 5.75 Å². The molecule has 0 saturated carbocycles.